The maximum Gasteiger partial charge on any atom is 0.243 e. The lowest BCUT2D eigenvalue weighted by Gasteiger charge is -2.06. The van der Waals surface area contributed by atoms with E-state index in [9.17, 15) is 5.11 Å². The van der Waals surface area contributed by atoms with Gasteiger partial charge in [0.2, 0.25) is 5.89 Å². The number of hydrogen-bond donors (Lipinski definition) is 2. The zero-order valence-electron chi connectivity index (χ0n) is 11.9. The lowest BCUT2D eigenvalue weighted by atomic mass is 10.1. The minimum Gasteiger partial charge on any atom is -0.508 e. The molecule has 1 aromatic carbocycles. The van der Waals surface area contributed by atoms with E-state index in [0.29, 0.717) is 18.2 Å². The fraction of sp³-hybridized carbons (Fsp3) is 0.467. The number of phenols is 1. The average Bonchev–Trinajstić information content (AvgIpc) is 2.88. The molecule has 20 heavy (non-hydrogen) atoms. The fourth-order valence-electron chi connectivity index (χ4n) is 1.91. The van der Waals surface area contributed by atoms with Crippen molar-refractivity contribution in [1.82, 2.24) is 10.1 Å². The number of benzene rings is 1. The third-order valence-electron chi connectivity index (χ3n) is 3.14. The first-order valence-corrected chi connectivity index (χ1v) is 6.90. The molecule has 0 aliphatic carbocycles. The highest BCUT2D eigenvalue weighted by atomic mass is 16.5. The van der Waals surface area contributed by atoms with Crippen molar-refractivity contribution in [3.8, 4) is 5.75 Å². The van der Waals surface area contributed by atoms with Crippen molar-refractivity contribution in [3.63, 3.8) is 0 Å². The Hall–Kier alpha value is -1.88. The van der Waals surface area contributed by atoms with E-state index in [2.05, 4.69) is 24.0 Å². The molecule has 2 aromatic rings. The second-order valence-corrected chi connectivity index (χ2v) is 5.46. The summed E-state index contributed by atoms with van der Waals surface area (Å²) < 4.78 is 5.22. The zero-order valence-corrected chi connectivity index (χ0v) is 11.9. The standard InChI is InChI=1S/C15H21N3O2/c1-10(2)3-8-14-17-15(20-18-14)13(16)9-11-4-6-12(19)7-5-11/h4-7,10,13,19H,3,8-9,16H2,1-2H3. The van der Waals surface area contributed by atoms with Crippen LogP contribution in [0.3, 0.4) is 0 Å². The average molecular weight is 275 g/mol. The first-order valence-electron chi connectivity index (χ1n) is 6.90. The monoisotopic (exact) mass is 275 g/mol. The van der Waals surface area contributed by atoms with Gasteiger partial charge in [-0.3, -0.25) is 0 Å². The van der Waals surface area contributed by atoms with Gasteiger partial charge in [-0.2, -0.15) is 4.98 Å². The smallest absolute Gasteiger partial charge is 0.243 e. The van der Waals surface area contributed by atoms with Gasteiger partial charge >= 0.3 is 0 Å². The second-order valence-electron chi connectivity index (χ2n) is 5.46. The molecule has 0 bridgehead atoms. The fourth-order valence-corrected chi connectivity index (χ4v) is 1.91. The van der Waals surface area contributed by atoms with Crippen LogP contribution in [0.15, 0.2) is 28.8 Å². The predicted octanol–water partition coefficient (Wildman–Crippen LogP) is 2.61. The maximum atomic E-state index is 9.24. The topological polar surface area (TPSA) is 85.2 Å². The molecule has 0 saturated heterocycles. The van der Waals surface area contributed by atoms with Crippen molar-refractivity contribution < 1.29 is 9.63 Å². The maximum absolute atomic E-state index is 9.24. The Labute approximate surface area is 118 Å². The second kappa shape index (κ2) is 6.52. The molecule has 0 fully saturated rings. The minimum atomic E-state index is -0.320. The van der Waals surface area contributed by atoms with Gasteiger partial charge in [-0.15, -0.1) is 0 Å². The number of phenolic OH excluding ortho intramolecular Hbond substituents is 1. The van der Waals surface area contributed by atoms with E-state index in [1.54, 1.807) is 12.1 Å². The Bertz CT molecular complexity index is 534. The molecule has 0 saturated carbocycles. The summed E-state index contributed by atoms with van der Waals surface area (Å²) in [5.74, 6) is 2.05. The molecule has 2 rings (SSSR count). The van der Waals surface area contributed by atoms with Gasteiger partial charge in [-0.25, -0.2) is 0 Å². The van der Waals surface area contributed by atoms with Gasteiger partial charge in [-0.05, 0) is 36.5 Å². The van der Waals surface area contributed by atoms with E-state index >= 15 is 0 Å². The van der Waals surface area contributed by atoms with Crippen LogP contribution in [0.2, 0.25) is 0 Å². The van der Waals surface area contributed by atoms with Crippen LogP contribution in [0, 0.1) is 5.92 Å². The molecule has 5 heteroatoms. The zero-order chi connectivity index (χ0) is 14.5. The number of aromatic hydroxyl groups is 1. The van der Waals surface area contributed by atoms with Gasteiger partial charge < -0.3 is 15.4 Å². The van der Waals surface area contributed by atoms with Crippen LogP contribution in [-0.2, 0) is 12.8 Å². The van der Waals surface area contributed by atoms with Crippen molar-refractivity contribution in [1.29, 1.82) is 0 Å². The summed E-state index contributed by atoms with van der Waals surface area (Å²) in [6.45, 7) is 4.33. The van der Waals surface area contributed by atoms with Gasteiger partial charge in [0.05, 0.1) is 6.04 Å². The van der Waals surface area contributed by atoms with Gasteiger partial charge in [0, 0.05) is 6.42 Å². The molecule has 1 unspecified atom stereocenters. The molecule has 0 radical (unpaired) electrons. The van der Waals surface area contributed by atoms with E-state index < -0.39 is 0 Å². The highest BCUT2D eigenvalue weighted by Gasteiger charge is 2.15. The van der Waals surface area contributed by atoms with E-state index in [1.807, 2.05) is 12.1 Å². The predicted molar refractivity (Wildman–Crippen MR) is 76.2 cm³/mol. The van der Waals surface area contributed by atoms with Gasteiger partial charge in [0.25, 0.3) is 0 Å². The summed E-state index contributed by atoms with van der Waals surface area (Å²) in [7, 11) is 0. The Balaban J connectivity index is 1.95. The number of hydrogen-bond acceptors (Lipinski definition) is 5. The molecule has 5 nitrogen and oxygen atoms in total. The number of nitrogens with two attached hydrogens (primary N) is 1. The molecule has 1 atom stereocenters. The summed E-state index contributed by atoms with van der Waals surface area (Å²) in [5, 5.41) is 13.2. The first-order chi connectivity index (χ1) is 9.54. The molecule has 1 heterocycles. The third kappa shape index (κ3) is 4.06. The van der Waals surface area contributed by atoms with Crippen molar-refractivity contribution in [2.24, 2.45) is 11.7 Å². The summed E-state index contributed by atoms with van der Waals surface area (Å²) in [6.07, 6.45) is 2.45. The minimum absolute atomic E-state index is 0.246. The lowest BCUT2D eigenvalue weighted by molar-refractivity contribution is 0.349. The SMILES string of the molecule is CC(C)CCc1noc(C(N)Cc2ccc(O)cc2)n1. The molecule has 1 aromatic heterocycles. The van der Waals surface area contributed by atoms with Crippen LogP contribution in [-0.4, -0.2) is 15.2 Å². The van der Waals surface area contributed by atoms with E-state index in [4.69, 9.17) is 10.3 Å². The Morgan fingerprint density at radius 3 is 2.60 bits per heavy atom. The van der Waals surface area contributed by atoms with E-state index in [0.717, 1.165) is 24.2 Å². The van der Waals surface area contributed by atoms with Crippen molar-refractivity contribution in [3.05, 3.63) is 41.5 Å². The van der Waals surface area contributed by atoms with Crippen LogP contribution >= 0.6 is 0 Å². The van der Waals surface area contributed by atoms with Crippen molar-refractivity contribution >= 4 is 0 Å². The molecule has 108 valence electrons. The summed E-state index contributed by atoms with van der Waals surface area (Å²) >= 11 is 0. The Morgan fingerprint density at radius 2 is 1.95 bits per heavy atom. The molecule has 0 aliphatic rings. The Morgan fingerprint density at radius 1 is 1.25 bits per heavy atom. The van der Waals surface area contributed by atoms with Crippen molar-refractivity contribution in [2.75, 3.05) is 0 Å². The molecule has 0 amide bonds. The van der Waals surface area contributed by atoms with Crippen molar-refractivity contribution in [2.45, 2.75) is 39.2 Å². The van der Waals surface area contributed by atoms with Crippen LogP contribution in [0.25, 0.3) is 0 Å². The number of aromatic nitrogens is 2. The van der Waals surface area contributed by atoms with E-state index in [-0.39, 0.29) is 11.8 Å². The molecular weight excluding hydrogens is 254 g/mol. The van der Waals surface area contributed by atoms with Crippen LogP contribution in [0.5, 0.6) is 5.75 Å². The number of nitrogens with zero attached hydrogens (tertiary/aromatic N) is 2. The van der Waals surface area contributed by atoms with Crippen LogP contribution in [0.4, 0.5) is 0 Å². The molecule has 0 spiro atoms. The Kier molecular flexibility index (Phi) is 4.74. The van der Waals surface area contributed by atoms with E-state index in [1.165, 1.54) is 0 Å². The summed E-state index contributed by atoms with van der Waals surface area (Å²) in [6, 6.07) is 6.64. The summed E-state index contributed by atoms with van der Waals surface area (Å²) in [5.41, 5.74) is 7.10. The quantitative estimate of drug-likeness (QED) is 0.846. The number of rotatable bonds is 6. The highest BCUT2D eigenvalue weighted by Crippen LogP contribution is 2.17. The van der Waals surface area contributed by atoms with Crippen LogP contribution < -0.4 is 5.73 Å². The normalized spacial score (nSPS) is 12.8. The molecular formula is C15H21N3O2. The number of aryl methyl sites for hydroxylation is 1. The van der Waals surface area contributed by atoms with Gasteiger partial charge in [-0.1, -0.05) is 31.1 Å². The molecule has 0 aliphatic heterocycles. The highest BCUT2D eigenvalue weighted by molar-refractivity contribution is 5.26. The molecule has 3 N–H and O–H groups in total. The third-order valence-corrected chi connectivity index (χ3v) is 3.14. The van der Waals surface area contributed by atoms with Gasteiger partial charge in [0.1, 0.15) is 5.75 Å². The first kappa shape index (κ1) is 14.5. The summed E-state index contributed by atoms with van der Waals surface area (Å²) in [4.78, 5) is 4.34. The lowest BCUT2D eigenvalue weighted by Crippen LogP contribution is -2.13. The van der Waals surface area contributed by atoms with Crippen LogP contribution in [0.1, 0.15) is 43.6 Å². The van der Waals surface area contributed by atoms with Gasteiger partial charge in [0.15, 0.2) is 5.82 Å². The largest absolute Gasteiger partial charge is 0.508 e.